The minimum atomic E-state index is -1.08. The van der Waals surface area contributed by atoms with Gasteiger partial charge in [-0.15, -0.1) is 0 Å². The van der Waals surface area contributed by atoms with Crippen LogP contribution in [0.4, 0.5) is 0 Å². The van der Waals surface area contributed by atoms with Crippen LogP contribution in [0.5, 0.6) is 0 Å². The number of aliphatic carboxylic acids is 1. The Morgan fingerprint density at radius 1 is 1.29 bits per heavy atom. The lowest BCUT2D eigenvalue weighted by atomic mass is 9.86. The molecule has 0 heterocycles. The van der Waals surface area contributed by atoms with Gasteiger partial charge in [0.05, 0.1) is 0 Å². The van der Waals surface area contributed by atoms with E-state index in [1.54, 1.807) is 0 Å². The molecule has 0 spiro atoms. The molecule has 1 aromatic carbocycles. The third kappa shape index (κ3) is 5.14. The molecule has 1 aromatic rings. The Labute approximate surface area is 127 Å². The van der Waals surface area contributed by atoms with Gasteiger partial charge in [-0.05, 0) is 24.4 Å². The van der Waals surface area contributed by atoms with Crippen molar-refractivity contribution in [2.24, 2.45) is 5.92 Å². The van der Waals surface area contributed by atoms with E-state index in [0.29, 0.717) is 32.1 Å². The number of rotatable bonds is 10. The van der Waals surface area contributed by atoms with Gasteiger partial charge in [0.1, 0.15) is 5.54 Å². The van der Waals surface area contributed by atoms with Gasteiger partial charge in [-0.2, -0.15) is 0 Å². The molecule has 0 aliphatic heterocycles. The minimum absolute atomic E-state index is 0.415. The monoisotopic (exact) mass is 293 g/mol. The number of hydrogen-bond acceptors (Lipinski definition) is 3. The SMILES string of the molecule is CCNC(CCOCCC(C)C)(C(=O)O)c1ccccc1. The van der Waals surface area contributed by atoms with Crippen molar-refractivity contribution in [3.05, 3.63) is 35.9 Å². The molecule has 0 radical (unpaired) electrons. The second-order valence-corrected chi connectivity index (χ2v) is 5.65. The molecule has 4 heteroatoms. The van der Waals surface area contributed by atoms with E-state index >= 15 is 0 Å². The number of benzene rings is 1. The second kappa shape index (κ2) is 8.80. The van der Waals surface area contributed by atoms with Crippen molar-refractivity contribution in [2.75, 3.05) is 19.8 Å². The van der Waals surface area contributed by atoms with Crippen molar-refractivity contribution in [3.8, 4) is 0 Å². The van der Waals surface area contributed by atoms with Crippen LogP contribution in [0, 0.1) is 5.92 Å². The van der Waals surface area contributed by atoms with E-state index in [-0.39, 0.29) is 0 Å². The quantitative estimate of drug-likeness (QED) is 0.651. The second-order valence-electron chi connectivity index (χ2n) is 5.65. The molecule has 0 saturated carbocycles. The first kappa shape index (κ1) is 17.7. The molecule has 118 valence electrons. The number of hydrogen-bond donors (Lipinski definition) is 2. The summed E-state index contributed by atoms with van der Waals surface area (Å²) in [6, 6.07) is 9.32. The van der Waals surface area contributed by atoms with Gasteiger partial charge in [0, 0.05) is 19.6 Å². The van der Waals surface area contributed by atoms with Gasteiger partial charge in [-0.1, -0.05) is 51.1 Å². The first-order chi connectivity index (χ1) is 10.0. The first-order valence-corrected chi connectivity index (χ1v) is 7.64. The molecular formula is C17H27NO3. The summed E-state index contributed by atoms with van der Waals surface area (Å²) < 4.78 is 5.61. The average molecular weight is 293 g/mol. The lowest BCUT2D eigenvalue weighted by molar-refractivity contribution is -0.146. The predicted octanol–water partition coefficient (Wildman–Crippen LogP) is 3.03. The summed E-state index contributed by atoms with van der Waals surface area (Å²) in [5.41, 5.74) is -0.305. The van der Waals surface area contributed by atoms with Crippen LogP contribution in [-0.4, -0.2) is 30.8 Å². The van der Waals surface area contributed by atoms with E-state index in [1.165, 1.54) is 0 Å². The van der Waals surface area contributed by atoms with Crippen molar-refractivity contribution in [3.63, 3.8) is 0 Å². The van der Waals surface area contributed by atoms with Crippen LogP contribution in [0.15, 0.2) is 30.3 Å². The molecule has 2 N–H and O–H groups in total. The summed E-state index contributed by atoms with van der Waals surface area (Å²) >= 11 is 0. The molecule has 0 bridgehead atoms. The molecular weight excluding hydrogens is 266 g/mol. The lowest BCUT2D eigenvalue weighted by Gasteiger charge is -2.31. The minimum Gasteiger partial charge on any atom is -0.480 e. The van der Waals surface area contributed by atoms with Crippen LogP contribution in [0.3, 0.4) is 0 Å². The van der Waals surface area contributed by atoms with E-state index in [1.807, 2.05) is 37.3 Å². The van der Waals surface area contributed by atoms with Gasteiger partial charge in [0.15, 0.2) is 0 Å². The largest absolute Gasteiger partial charge is 0.480 e. The molecule has 0 amide bonds. The normalized spacial score (nSPS) is 14.1. The van der Waals surface area contributed by atoms with Gasteiger partial charge >= 0.3 is 5.97 Å². The summed E-state index contributed by atoms with van der Waals surface area (Å²) in [6.45, 7) is 7.91. The number of nitrogens with one attached hydrogen (secondary N) is 1. The first-order valence-electron chi connectivity index (χ1n) is 7.64. The van der Waals surface area contributed by atoms with Gasteiger partial charge in [0.2, 0.25) is 0 Å². The summed E-state index contributed by atoms with van der Waals surface area (Å²) in [7, 11) is 0. The molecule has 0 saturated heterocycles. The molecule has 1 atom stereocenters. The van der Waals surface area contributed by atoms with Gasteiger partial charge in [-0.3, -0.25) is 5.32 Å². The summed E-state index contributed by atoms with van der Waals surface area (Å²) in [4.78, 5) is 11.9. The zero-order valence-electron chi connectivity index (χ0n) is 13.3. The zero-order chi connectivity index (χ0) is 15.7. The van der Waals surface area contributed by atoms with Crippen LogP contribution in [0.1, 0.15) is 39.2 Å². The fraction of sp³-hybridized carbons (Fsp3) is 0.588. The Hall–Kier alpha value is -1.39. The lowest BCUT2D eigenvalue weighted by Crippen LogP contribution is -2.50. The molecule has 0 aromatic heterocycles. The highest BCUT2D eigenvalue weighted by molar-refractivity contribution is 5.80. The fourth-order valence-corrected chi connectivity index (χ4v) is 2.31. The van der Waals surface area contributed by atoms with E-state index < -0.39 is 11.5 Å². The topological polar surface area (TPSA) is 58.6 Å². The van der Waals surface area contributed by atoms with E-state index in [9.17, 15) is 9.90 Å². The van der Waals surface area contributed by atoms with Crippen molar-refractivity contribution in [2.45, 2.75) is 39.2 Å². The third-order valence-corrected chi connectivity index (χ3v) is 3.57. The van der Waals surface area contributed by atoms with Crippen molar-refractivity contribution < 1.29 is 14.6 Å². The zero-order valence-corrected chi connectivity index (χ0v) is 13.3. The molecule has 21 heavy (non-hydrogen) atoms. The molecule has 0 fully saturated rings. The Kier molecular flexibility index (Phi) is 7.40. The van der Waals surface area contributed by atoms with E-state index in [4.69, 9.17) is 4.74 Å². The standard InChI is InChI=1S/C17H27NO3/c1-4-18-17(16(19)20,15-8-6-5-7-9-15)11-13-21-12-10-14(2)3/h5-9,14,18H,4,10-13H2,1-3H3,(H,19,20). The van der Waals surface area contributed by atoms with Crippen LogP contribution in [0.25, 0.3) is 0 Å². The highest BCUT2D eigenvalue weighted by atomic mass is 16.5. The molecule has 1 rings (SSSR count). The molecule has 1 unspecified atom stereocenters. The van der Waals surface area contributed by atoms with E-state index in [2.05, 4.69) is 19.2 Å². The Balaban J connectivity index is 2.75. The summed E-state index contributed by atoms with van der Waals surface area (Å²) in [6.07, 6.45) is 1.41. The van der Waals surface area contributed by atoms with E-state index in [0.717, 1.165) is 12.0 Å². The third-order valence-electron chi connectivity index (χ3n) is 3.57. The highest BCUT2D eigenvalue weighted by Gasteiger charge is 2.39. The van der Waals surface area contributed by atoms with Crippen molar-refractivity contribution in [1.82, 2.24) is 5.32 Å². The van der Waals surface area contributed by atoms with Crippen LogP contribution < -0.4 is 5.32 Å². The number of likely N-dealkylation sites (N-methyl/N-ethyl adjacent to an activating group) is 1. The number of carboxylic acid groups (broad SMARTS) is 1. The molecule has 0 aliphatic carbocycles. The summed E-state index contributed by atoms with van der Waals surface area (Å²) in [5.74, 6) is -0.264. The predicted molar refractivity (Wildman–Crippen MR) is 84.3 cm³/mol. The average Bonchev–Trinajstić information content (AvgIpc) is 2.46. The number of ether oxygens (including phenoxy) is 1. The smallest absolute Gasteiger partial charge is 0.328 e. The molecule has 0 aliphatic rings. The van der Waals surface area contributed by atoms with Gasteiger partial charge in [0.25, 0.3) is 0 Å². The van der Waals surface area contributed by atoms with Crippen LogP contribution in [0.2, 0.25) is 0 Å². The maximum absolute atomic E-state index is 11.9. The highest BCUT2D eigenvalue weighted by Crippen LogP contribution is 2.25. The Morgan fingerprint density at radius 2 is 1.95 bits per heavy atom. The Bertz CT molecular complexity index is 419. The Morgan fingerprint density at radius 3 is 2.48 bits per heavy atom. The summed E-state index contributed by atoms with van der Waals surface area (Å²) in [5, 5.41) is 12.9. The van der Waals surface area contributed by atoms with Crippen molar-refractivity contribution >= 4 is 5.97 Å². The van der Waals surface area contributed by atoms with Crippen molar-refractivity contribution in [1.29, 1.82) is 0 Å². The maximum atomic E-state index is 11.9. The molecule has 4 nitrogen and oxygen atoms in total. The fourth-order valence-electron chi connectivity index (χ4n) is 2.31. The number of carboxylic acids is 1. The van der Waals surface area contributed by atoms with Crippen LogP contribution in [-0.2, 0) is 15.1 Å². The van der Waals surface area contributed by atoms with Crippen LogP contribution >= 0.6 is 0 Å². The van der Waals surface area contributed by atoms with Gasteiger partial charge in [-0.25, -0.2) is 4.79 Å². The van der Waals surface area contributed by atoms with Gasteiger partial charge < -0.3 is 9.84 Å². The maximum Gasteiger partial charge on any atom is 0.328 e. The number of carbonyl (C=O) groups is 1.